The number of halogens is 6. The van der Waals surface area contributed by atoms with Crippen LogP contribution < -0.4 is 5.32 Å². The van der Waals surface area contributed by atoms with Gasteiger partial charge in [0.1, 0.15) is 22.4 Å². The van der Waals surface area contributed by atoms with Crippen molar-refractivity contribution in [1.29, 1.82) is 0 Å². The lowest BCUT2D eigenvalue weighted by atomic mass is 9.90. The lowest BCUT2D eigenvalue weighted by Crippen LogP contribution is -2.72. The number of carboxylic acids is 2. The summed E-state index contributed by atoms with van der Waals surface area (Å²) in [5, 5.41) is 20.4. The first-order valence-corrected chi connectivity index (χ1v) is 12.2. The Balaban J connectivity index is 0.000000333. The van der Waals surface area contributed by atoms with E-state index < -0.39 is 24.3 Å². The lowest BCUT2D eigenvalue weighted by Gasteiger charge is -2.54. The Morgan fingerprint density at radius 2 is 1.70 bits per heavy atom. The van der Waals surface area contributed by atoms with Crippen LogP contribution in [0.1, 0.15) is 16.5 Å². The molecule has 2 saturated heterocycles. The van der Waals surface area contributed by atoms with Crippen molar-refractivity contribution in [3.05, 3.63) is 40.2 Å². The number of nitrogens with one attached hydrogen (secondary N) is 1. The maximum atomic E-state index is 12.4. The van der Waals surface area contributed by atoms with Crippen molar-refractivity contribution < 1.29 is 60.1 Å². The van der Waals surface area contributed by atoms with Gasteiger partial charge in [0.2, 0.25) is 5.91 Å². The van der Waals surface area contributed by atoms with Gasteiger partial charge in [-0.05, 0) is 26.1 Å². The monoisotopic (exact) mass is 604 g/mol. The quantitative estimate of drug-likeness (QED) is 0.436. The largest absolute Gasteiger partial charge is 0.490 e. The molecule has 3 N–H and O–H groups in total. The second kappa shape index (κ2) is 13.4. The first-order valence-electron chi connectivity index (χ1n) is 11.3. The number of aryl methyl sites for hydroxylation is 1. The van der Waals surface area contributed by atoms with Gasteiger partial charge in [0.15, 0.2) is 0 Å². The van der Waals surface area contributed by atoms with Crippen LogP contribution in [0.4, 0.5) is 26.3 Å². The van der Waals surface area contributed by atoms with E-state index >= 15 is 0 Å². The van der Waals surface area contributed by atoms with Crippen molar-refractivity contribution in [2.75, 3.05) is 33.3 Å². The number of likely N-dealkylation sites (N-methyl/N-ethyl adjacent to an activating group) is 1. The molecule has 0 saturated carbocycles. The molecule has 1 unspecified atom stereocenters. The molecule has 2 fully saturated rings. The highest BCUT2D eigenvalue weighted by atomic mass is 32.1. The number of aliphatic carboxylic acids is 2. The first kappa shape index (κ1) is 33.0. The molecule has 2 aromatic rings. The van der Waals surface area contributed by atoms with Crippen molar-refractivity contribution in [3.8, 4) is 0 Å². The minimum Gasteiger partial charge on any atom is -0.475 e. The molecule has 2 aliphatic rings. The fourth-order valence-corrected chi connectivity index (χ4v) is 4.53. The van der Waals surface area contributed by atoms with Crippen LogP contribution in [0.2, 0.25) is 0 Å². The van der Waals surface area contributed by atoms with Crippen LogP contribution in [0.15, 0.2) is 28.2 Å². The summed E-state index contributed by atoms with van der Waals surface area (Å²) in [6, 6.07) is 3.41. The summed E-state index contributed by atoms with van der Waals surface area (Å²) in [5.74, 6) is -4.78. The van der Waals surface area contributed by atoms with Gasteiger partial charge in [-0.2, -0.15) is 26.3 Å². The Hall–Kier alpha value is -3.22. The molecule has 18 heteroatoms. The number of carbonyl (C=O) groups is 3. The van der Waals surface area contributed by atoms with Gasteiger partial charge in [0.25, 0.3) is 0 Å². The smallest absolute Gasteiger partial charge is 0.475 e. The van der Waals surface area contributed by atoms with Crippen molar-refractivity contribution in [2.45, 2.75) is 44.0 Å². The van der Waals surface area contributed by atoms with Crippen LogP contribution >= 0.6 is 11.3 Å². The number of carbonyl (C=O) groups excluding carboxylic acids is 1. The van der Waals surface area contributed by atoms with Crippen LogP contribution in [0.25, 0.3) is 0 Å². The van der Waals surface area contributed by atoms with Gasteiger partial charge >= 0.3 is 24.3 Å². The average Bonchev–Trinajstić information content (AvgIpc) is 3.48. The van der Waals surface area contributed by atoms with Crippen molar-refractivity contribution >= 4 is 29.2 Å². The number of carboxylic acid groups (broad SMARTS) is 2. The number of morpholine rings is 1. The number of amides is 1. The number of nitrogens with zero attached hydrogens (tertiary/aromatic N) is 3. The predicted molar refractivity (Wildman–Crippen MR) is 125 cm³/mol. The summed E-state index contributed by atoms with van der Waals surface area (Å²) in [6.45, 7) is 6.26. The summed E-state index contributed by atoms with van der Waals surface area (Å²) < 4.78 is 74.9. The number of ether oxygens (including phenoxy) is 1. The lowest BCUT2D eigenvalue weighted by molar-refractivity contribution is -0.198. The summed E-state index contributed by atoms with van der Waals surface area (Å²) in [7, 11) is 1.99. The van der Waals surface area contributed by atoms with E-state index in [-0.39, 0.29) is 17.6 Å². The number of likely N-dealkylation sites (tertiary alicyclic amines) is 1. The molecule has 1 amide bonds. The van der Waals surface area contributed by atoms with E-state index in [0.29, 0.717) is 13.2 Å². The van der Waals surface area contributed by atoms with E-state index in [1.807, 2.05) is 26.1 Å². The van der Waals surface area contributed by atoms with Crippen LogP contribution in [-0.4, -0.2) is 100 Å². The fourth-order valence-electron chi connectivity index (χ4n) is 3.71. The Bertz CT molecular complexity index is 1110. The van der Waals surface area contributed by atoms with E-state index in [4.69, 9.17) is 29.0 Å². The predicted octanol–water partition coefficient (Wildman–Crippen LogP) is 2.51. The average molecular weight is 605 g/mol. The molecule has 2 aliphatic heterocycles. The Kier molecular flexibility index (Phi) is 11.1. The van der Waals surface area contributed by atoms with Crippen molar-refractivity contribution in [2.24, 2.45) is 0 Å². The van der Waals surface area contributed by atoms with E-state index in [1.54, 1.807) is 17.6 Å². The number of alkyl halides is 6. The van der Waals surface area contributed by atoms with Crippen LogP contribution in [0.5, 0.6) is 0 Å². The summed E-state index contributed by atoms with van der Waals surface area (Å²) in [6.07, 6.45) is -8.56. The summed E-state index contributed by atoms with van der Waals surface area (Å²) >= 11 is 1.71. The maximum Gasteiger partial charge on any atom is 0.490 e. The van der Waals surface area contributed by atoms with E-state index in [2.05, 4.69) is 25.5 Å². The second-order valence-corrected chi connectivity index (χ2v) is 9.80. The Morgan fingerprint density at radius 1 is 1.12 bits per heavy atom. The zero-order valence-electron chi connectivity index (χ0n) is 21.1. The molecule has 0 bridgehead atoms. The van der Waals surface area contributed by atoms with Gasteiger partial charge in [-0.3, -0.25) is 14.6 Å². The molecule has 1 atom stereocenters. The number of furan rings is 1. The standard InChI is InChI=1S/C18H24N4O3S.2C2HF3O2/c1-13-9-26-16(20-13)7-22-11-18(12-22)10-21(2)15(8-25-18)17(23)19-6-14-4-3-5-24-14;2*3-2(4,5)1(6)7/h3-5,9,15H,6-8,10-12H2,1-2H3,(H,19,23);2*(H,6,7). The highest BCUT2D eigenvalue weighted by Crippen LogP contribution is 2.32. The van der Waals surface area contributed by atoms with Gasteiger partial charge < -0.3 is 24.7 Å². The number of aromatic nitrogens is 1. The number of hydrogen-bond donors (Lipinski definition) is 3. The SMILES string of the molecule is Cc1csc(CN2CC3(C2)CN(C)C(C(=O)NCc2ccco2)CO3)n1.O=C(O)C(F)(F)F.O=C(O)C(F)(F)F. The zero-order valence-corrected chi connectivity index (χ0v) is 21.9. The minimum absolute atomic E-state index is 0.0202. The molecular formula is C22H26F6N4O7S. The van der Waals surface area contributed by atoms with Crippen LogP contribution in [0, 0.1) is 6.92 Å². The van der Waals surface area contributed by atoms with Crippen LogP contribution in [0.3, 0.4) is 0 Å². The molecular weight excluding hydrogens is 578 g/mol. The van der Waals surface area contributed by atoms with Gasteiger partial charge in [0, 0.05) is 30.7 Å². The molecule has 224 valence electrons. The van der Waals surface area contributed by atoms with Gasteiger partial charge in [-0.15, -0.1) is 11.3 Å². The molecule has 40 heavy (non-hydrogen) atoms. The molecule has 0 radical (unpaired) electrons. The topological polar surface area (TPSA) is 145 Å². The van der Waals surface area contributed by atoms with Gasteiger partial charge in [-0.1, -0.05) is 0 Å². The zero-order chi connectivity index (χ0) is 30.3. The molecule has 4 heterocycles. The van der Waals surface area contributed by atoms with E-state index in [0.717, 1.165) is 42.6 Å². The van der Waals surface area contributed by atoms with Gasteiger partial charge in [-0.25, -0.2) is 14.6 Å². The normalized spacial score (nSPS) is 18.9. The molecule has 11 nitrogen and oxygen atoms in total. The molecule has 0 aromatic carbocycles. The Morgan fingerprint density at radius 3 is 2.12 bits per heavy atom. The number of hydrogen-bond acceptors (Lipinski definition) is 9. The number of rotatable bonds is 5. The highest BCUT2D eigenvalue weighted by molar-refractivity contribution is 7.09. The number of thiazole rings is 1. The van der Waals surface area contributed by atoms with Gasteiger partial charge in [0.05, 0.1) is 26.0 Å². The third-order valence-corrected chi connectivity index (χ3v) is 6.42. The fraction of sp³-hybridized carbons (Fsp3) is 0.545. The van der Waals surface area contributed by atoms with Crippen molar-refractivity contribution in [3.63, 3.8) is 0 Å². The summed E-state index contributed by atoms with van der Waals surface area (Å²) in [5.41, 5.74) is 0.927. The molecule has 0 aliphatic carbocycles. The van der Waals surface area contributed by atoms with E-state index in [1.165, 1.54) is 0 Å². The third kappa shape index (κ3) is 10.1. The Labute approximate surface area is 227 Å². The van der Waals surface area contributed by atoms with Crippen LogP contribution in [-0.2, 0) is 32.2 Å². The van der Waals surface area contributed by atoms with Crippen molar-refractivity contribution in [1.82, 2.24) is 20.1 Å². The molecule has 4 rings (SSSR count). The molecule has 1 spiro atoms. The highest BCUT2D eigenvalue weighted by Gasteiger charge is 2.49. The second-order valence-electron chi connectivity index (χ2n) is 8.86. The maximum absolute atomic E-state index is 12.4. The van der Waals surface area contributed by atoms with E-state index in [9.17, 15) is 31.1 Å². The minimum atomic E-state index is -5.08. The first-order chi connectivity index (χ1) is 18.4. The summed E-state index contributed by atoms with van der Waals surface area (Å²) in [4.78, 5) is 39.2. The molecule has 2 aromatic heterocycles. The third-order valence-electron chi connectivity index (χ3n) is 5.47.